The Balaban J connectivity index is 1.80. The Kier molecular flexibility index (Phi) is 8.11. The number of halogens is 1. The SMILES string of the molecule is C=CCOC(=O)[C@@H]1[C@H]2C(=O)N([C@@H](CO)CC(C)C)C(C(=O)N(CC=C)c3ccc(Cl)cc3)C23CC[C@H]1O3. The van der Waals surface area contributed by atoms with Crippen molar-refractivity contribution in [3.8, 4) is 0 Å². The number of hydrogen-bond donors (Lipinski definition) is 1. The van der Waals surface area contributed by atoms with Gasteiger partial charge in [0.2, 0.25) is 5.91 Å². The first-order valence-electron chi connectivity index (χ1n) is 12.8. The van der Waals surface area contributed by atoms with Crippen molar-refractivity contribution in [3.05, 3.63) is 54.6 Å². The fourth-order valence-corrected chi connectivity index (χ4v) is 6.44. The van der Waals surface area contributed by atoms with Gasteiger partial charge in [0.25, 0.3) is 5.91 Å². The quantitative estimate of drug-likeness (QED) is 0.348. The molecule has 37 heavy (non-hydrogen) atoms. The molecule has 3 fully saturated rings. The number of nitrogens with zero attached hydrogens (tertiary/aromatic N) is 2. The van der Waals surface area contributed by atoms with Crippen LogP contribution >= 0.6 is 11.6 Å². The number of carbonyl (C=O) groups excluding carboxylic acids is 3. The van der Waals surface area contributed by atoms with Gasteiger partial charge in [0.15, 0.2) is 0 Å². The van der Waals surface area contributed by atoms with Crippen molar-refractivity contribution in [2.45, 2.75) is 56.9 Å². The maximum absolute atomic E-state index is 14.4. The second-order valence-corrected chi connectivity index (χ2v) is 10.8. The van der Waals surface area contributed by atoms with Crippen LogP contribution in [-0.4, -0.2) is 71.3 Å². The predicted molar refractivity (Wildman–Crippen MR) is 140 cm³/mol. The number of amides is 2. The highest BCUT2D eigenvalue weighted by Gasteiger charge is 2.75. The molecule has 3 aliphatic rings. The minimum Gasteiger partial charge on any atom is -0.461 e. The van der Waals surface area contributed by atoms with Crippen molar-refractivity contribution in [1.82, 2.24) is 4.90 Å². The molecule has 3 aliphatic heterocycles. The average molecular weight is 531 g/mol. The number of ether oxygens (including phenoxy) is 2. The first-order chi connectivity index (χ1) is 17.7. The summed E-state index contributed by atoms with van der Waals surface area (Å²) in [6.45, 7) is 11.3. The number of hydrogen-bond acceptors (Lipinski definition) is 6. The summed E-state index contributed by atoms with van der Waals surface area (Å²) in [5.74, 6) is -2.75. The van der Waals surface area contributed by atoms with E-state index in [-0.39, 0.29) is 37.5 Å². The largest absolute Gasteiger partial charge is 0.461 e. The molecule has 1 aromatic carbocycles. The van der Waals surface area contributed by atoms with Crippen LogP contribution in [0.1, 0.15) is 33.1 Å². The zero-order valence-corrected chi connectivity index (χ0v) is 22.1. The minimum atomic E-state index is -1.19. The molecule has 2 bridgehead atoms. The third kappa shape index (κ3) is 4.71. The lowest BCUT2D eigenvalue weighted by molar-refractivity contribution is -0.155. The van der Waals surface area contributed by atoms with Crippen molar-refractivity contribution >= 4 is 35.1 Å². The third-order valence-corrected chi connectivity index (χ3v) is 7.90. The topological polar surface area (TPSA) is 96.4 Å². The minimum absolute atomic E-state index is 0.0261. The lowest BCUT2D eigenvalue weighted by atomic mass is 9.70. The molecule has 2 unspecified atom stereocenters. The number of anilines is 1. The highest BCUT2D eigenvalue weighted by atomic mass is 35.5. The number of carbonyl (C=O) groups is 3. The molecule has 6 atom stereocenters. The Bertz CT molecular complexity index is 1060. The smallest absolute Gasteiger partial charge is 0.312 e. The molecule has 200 valence electrons. The Morgan fingerprint density at radius 3 is 2.59 bits per heavy atom. The van der Waals surface area contributed by atoms with Gasteiger partial charge in [0.1, 0.15) is 18.2 Å². The van der Waals surface area contributed by atoms with E-state index in [1.54, 1.807) is 35.2 Å². The van der Waals surface area contributed by atoms with Crippen molar-refractivity contribution in [3.63, 3.8) is 0 Å². The van der Waals surface area contributed by atoms with Crippen LogP contribution in [0, 0.1) is 17.8 Å². The Morgan fingerprint density at radius 1 is 1.30 bits per heavy atom. The van der Waals surface area contributed by atoms with Gasteiger partial charge < -0.3 is 24.4 Å². The normalized spacial score (nSPS) is 28.8. The standard InChI is InChI=1S/C28H35ClN2O6/c1-5-13-30(19-9-7-18(29)8-10-19)26(34)24-28-12-11-21(37-28)22(27(35)36-14-6-2)23(28)25(33)31(24)20(16-32)15-17(3)4/h5-10,17,20-24,32H,1-2,11-16H2,3-4H3/t20-,21-,22+,23+,24?,28?/m1/s1. The maximum Gasteiger partial charge on any atom is 0.312 e. The Labute approximate surface area is 222 Å². The van der Waals surface area contributed by atoms with Crippen LogP contribution in [0.25, 0.3) is 0 Å². The molecule has 8 nitrogen and oxygen atoms in total. The molecule has 4 rings (SSSR count). The summed E-state index contributed by atoms with van der Waals surface area (Å²) in [5, 5.41) is 10.9. The molecule has 0 aromatic heterocycles. The molecule has 2 amide bonds. The van der Waals surface area contributed by atoms with Gasteiger partial charge in [0.05, 0.1) is 30.6 Å². The van der Waals surface area contributed by atoms with Gasteiger partial charge in [-0.15, -0.1) is 6.58 Å². The lowest BCUT2D eigenvalue weighted by Gasteiger charge is -2.39. The molecule has 0 radical (unpaired) electrons. The van der Waals surface area contributed by atoms with Gasteiger partial charge in [-0.2, -0.15) is 0 Å². The second-order valence-electron chi connectivity index (χ2n) is 10.4. The summed E-state index contributed by atoms with van der Waals surface area (Å²) in [6, 6.07) is 5.23. The number of benzene rings is 1. The van der Waals surface area contributed by atoms with Crippen LogP contribution in [-0.2, 0) is 23.9 Å². The first kappa shape index (κ1) is 27.4. The highest BCUT2D eigenvalue weighted by molar-refractivity contribution is 6.30. The molecule has 1 aromatic rings. The zero-order valence-electron chi connectivity index (χ0n) is 21.3. The van der Waals surface area contributed by atoms with Crippen molar-refractivity contribution in [2.75, 3.05) is 24.7 Å². The summed E-state index contributed by atoms with van der Waals surface area (Å²) in [6.07, 6.45) is 4.06. The Hall–Kier alpha value is -2.68. The van der Waals surface area contributed by atoms with Crippen LogP contribution in [0.15, 0.2) is 49.6 Å². The molecule has 1 N–H and O–H groups in total. The predicted octanol–water partition coefficient (Wildman–Crippen LogP) is 3.37. The van der Waals surface area contributed by atoms with Crippen molar-refractivity contribution in [2.24, 2.45) is 17.8 Å². The van der Waals surface area contributed by atoms with Crippen molar-refractivity contribution < 1.29 is 29.0 Å². The van der Waals surface area contributed by atoms with E-state index in [2.05, 4.69) is 13.2 Å². The number of esters is 1. The van der Waals surface area contributed by atoms with E-state index in [0.29, 0.717) is 30.0 Å². The van der Waals surface area contributed by atoms with E-state index >= 15 is 0 Å². The van der Waals surface area contributed by atoms with Gasteiger partial charge >= 0.3 is 5.97 Å². The zero-order chi connectivity index (χ0) is 26.9. The molecule has 1 spiro atoms. The Morgan fingerprint density at radius 2 is 2.00 bits per heavy atom. The van der Waals surface area contributed by atoms with Gasteiger partial charge in [-0.3, -0.25) is 14.4 Å². The van der Waals surface area contributed by atoms with Crippen LogP contribution in [0.2, 0.25) is 5.02 Å². The van der Waals surface area contributed by atoms with E-state index in [1.165, 1.54) is 11.0 Å². The van der Waals surface area contributed by atoms with Crippen LogP contribution in [0.4, 0.5) is 5.69 Å². The van der Waals surface area contributed by atoms with Crippen molar-refractivity contribution in [1.29, 1.82) is 0 Å². The fourth-order valence-electron chi connectivity index (χ4n) is 6.31. The summed E-state index contributed by atoms with van der Waals surface area (Å²) in [5.41, 5.74) is -0.590. The van der Waals surface area contributed by atoms with E-state index < -0.39 is 41.6 Å². The fraction of sp³-hybridized carbons (Fsp3) is 0.536. The molecule has 3 heterocycles. The van der Waals surface area contributed by atoms with E-state index in [4.69, 9.17) is 21.1 Å². The van der Waals surface area contributed by atoms with E-state index in [1.807, 2.05) is 13.8 Å². The third-order valence-electron chi connectivity index (χ3n) is 7.65. The summed E-state index contributed by atoms with van der Waals surface area (Å²) >= 11 is 6.08. The monoisotopic (exact) mass is 530 g/mol. The first-order valence-corrected chi connectivity index (χ1v) is 13.1. The summed E-state index contributed by atoms with van der Waals surface area (Å²) < 4.78 is 11.8. The van der Waals surface area contributed by atoms with Gasteiger partial charge in [-0.1, -0.05) is 44.2 Å². The van der Waals surface area contributed by atoms with Crippen LogP contribution in [0.3, 0.4) is 0 Å². The molecule has 0 aliphatic carbocycles. The number of rotatable bonds is 11. The summed E-state index contributed by atoms with van der Waals surface area (Å²) in [4.78, 5) is 44.7. The average Bonchev–Trinajstić information content (AvgIpc) is 3.52. The molecule has 9 heteroatoms. The van der Waals surface area contributed by atoms with Crippen LogP contribution in [0.5, 0.6) is 0 Å². The molecule has 3 saturated heterocycles. The van der Waals surface area contributed by atoms with Crippen LogP contribution < -0.4 is 4.90 Å². The van der Waals surface area contributed by atoms with Gasteiger partial charge in [-0.25, -0.2) is 0 Å². The molecular weight excluding hydrogens is 496 g/mol. The number of fused-ring (bicyclic) bond motifs is 1. The number of likely N-dealkylation sites (tertiary alicyclic amines) is 1. The summed E-state index contributed by atoms with van der Waals surface area (Å²) in [7, 11) is 0. The lowest BCUT2D eigenvalue weighted by Crippen LogP contribution is -2.59. The van der Waals surface area contributed by atoms with Gasteiger partial charge in [-0.05, 0) is 49.4 Å². The number of aliphatic hydroxyl groups excluding tert-OH is 1. The second kappa shape index (κ2) is 11.0. The van der Waals surface area contributed by atoms with E-state index in [9.17, 15) is 19.5 Å². The van der Waals surface area contributed by atoms with Gasteiger partial charge in [0, 0.05) is 17.3 Å². The highest BCUT2D eigenvalue weighted by Crippen LogP contribution is 2.59. The maximum atomic E-state index is 14.4. The molecule has 0 saturated carbocycles. The van der Waals surface area contributed by atoms with E-state index in [0.717, 1.165) is 0 Å². The molecular formula is C28H35ClN2O6. The number of aliphatic hydroxyl groups is 1.